The van der Waals surface area contributed by atoms with Crippen molar-refractivity contribution in [3.8, 4) is 0 Å². The minimum Gasteiger partial charge on any atom is -0.340 e. The molecule has 0 spiro atoms. The lowest BCUT2D eigenvalue weighted by Crippen LogP contribution is -2.37. The Bertz CT molecular complexity index is 1020. The first kappa shape index (κ1) is 17.2. The third-order valence-electron chi connectivity index (χ3n) is 4.09. The topological polar surface area (TPSA) is 70.2 Å². The van der Waals surface area contributed by atoms with Crippen molar-refractivity contribution in [1.29, 1.82) is 0 Å². The Hall–Kier alpha value is -2.60. The molecule has 0 aliphatic rings. The summed E-state index contributed by atoms with van der Waals surface area (Å²) < 4.78 is 27.7. The van der Waals surface area contributed by atoms with Crippen LogP contribution in [0.3, 0.4) is 0 Å². The van der Waals surface area contributed by atoms with Crippen molar-refractivity contribution in [2.24, 2.45) is 0 Å². The average Bonchev–Trinajstić information content (AvgIpc) is 2.97. The predicted molar refractivity (Wildman–Crippen MR) is 99.7 cm³/mol. The van der Waals surface area contributed by atoms with Crippen molar-refractivity contribution < 1.29 is 13.2 Å². The van der Waals surface area contributed by atoms with Crippen LogP contribution in [0.5, 0.6) is 0 Å². The van der Waals surface area contributed by atoms with Crippen LogP contribution in [0, 0.1) is 6.92 Å². The minimum atomic E-state index is -3.72. The molecule has 1 heterocycles. The highest BCUT2D eigenvalue weighted by molar-refractivity contribution is 7.92. The first-order valence-electron chi connectivity index (χ1n) is 8.02. The second kappa shape index (κ2) is 6.37. The zero-order valence-electron chi connectivity index (χ0n) is 14.4. The molecule has 0 amide bonds. The summed E-state index contributed by atoms with van der Waals surface area (Å²) in [4.78, 5) is 14.6. The minimum absolute atomic E-state index is 0.237. The molecule has 0 unspecified atom stereocenters. The Morgan fingerprint density at radius 1 is 1.08 bits per heavy atom. The second-order valence-corrected chi connectivity index (χ2v) is 8.11. The average molecular weight is 356 g/mol. The van der Waals surface area contributed by atoms with Crippen LogP contribution in [0.4, 0.5) is 5.82 Å². The first-order valence-corrected chi connectivity index (χ1v) is 9.46. The fourth-order valence-electron chi connectivity index (χ4n) is 2.89. The van der Waals surface area contributed by atoms with Crippen LogP contribution in [0.15, 0.2) is 53.4 Å². The van der Waals surface area contributed by atoms with Gasteiger partial charge in [0.25, 0.3) is 10.0 Å². The summed E-state index contributed by atoms with van der Waals surface area (Å²) in [5.41, 5.74) is 2.13. The van der Waals surface area contributed by atoms with E-state index in [0.717, 1.165) is 17.2 Å². The molecule has 3 aromatic rings. The number of nitrogens with one attached hydrogen (secondary N) is 1. The highest BCUT2D eigenvalue weighted by atomic mass is 32.2. The van der Waals surface area contributed by atoms with Gasteiger partial charge in [0.2, 0.25) is 0 Å². The number of para-hydroxylation sites is 1. The molecule has 1 N–H and O–H groups in total. The van der Waals surface area contributed by atoms with Crippen molar-refractivity contribution in [2.45, 2.75) is 31.7 Å². The van der Waals surface area contributed by atoms with Crippen molar-refractivity contribution in [3.63, 3.8) is 0 Å². The first-order chi connectivity index (χ1) is 11.8. The molecule has 3 rings (SSSR count). The molecule has 0 atom stereocenters. The highest BCUT2D eigenvalue weighted by Crippen LogP contribution is 2.30. The number of hydrogen-bond donors (Lipinski definition) is 1. The van der Waals surface area contributed by atoms with Gasteiger partial charge in [-0.1, -0.05) is 29.8 Å². The molecule has 5 nitrogen and oxygen atoms in total. The van der Waals surface area contributed by atoms with Crippen LogP contribution in [0.2, 0.25) is 0 Å². The number of anilines is 1. The molecule has 25 heavy (non-hydrogen) atoms. The second-order valence-electron chi connectivity index (χ2n) is 6.29. The fourth-order valence-corrected chi connectivity index (χ4v) is 4.51. The molecule has 0 aliphatic heterocycles. The summed E-state index contributed by atoms with van der Waals surface area (Å²) in [6, 6.07) is 13.6. The van der Waals surface area contributed by atoms with E-state index in [9.17, 15) is 13.2 Å². The number of carbonyl (C=O) groups excluding carboxylic acids is 1. The number of aromatic nitrogens is 1. The zero-order valence-corrected chi connectivity index (χ0v) is 15.2. The molecular weight excluding hydrogens is 336 g/mol. The Morgan fingerprint density at radius 2 is 1.76 bits per heavy atom. The molecule has 0 saturated carbocycles. The van der Waals surface area contributed by atoms with Gasteiger partial charge in [-0.25, -0.2) is 12.7 Å². The smallest absolute Gasteiger partial charge is 0.265 e. The number of nitrogens with zero attached hydrogens (tertiary/aromatic N) is 1. The molecular formula is C19H20N2O3S. The maximum atomic E-state index is 13.2. The van der Waals surface area contributed by atoms with E-state index in [-0.39, 0.29) is 10.9 Å². The van der Waals surface area contributed by atoms with Crippen LogP contribution >= 0.6 is 0 Å². The van der Waals surface area contributed by atoms with Gasteiger partial charge >= 0.3 is 0 Å². The number of sulfonamides is 1. The van der Waals surface area contributed by atoms with E-state index in [1.165, 1.54) is 4.31 Å². The van der Waals surface area contributed by atoms with Crippen molar-refractivity contribution in [2.75, 3.05) is 4.31 Å². The number of aryl methyl sites for hydroxylation is 1. The van der Waals surface area contributed by atoms with E-state index in [4.69, 9.17) is 0 Å². The van der Waals surface area contributed by atoms with Gasteiger partial charge in [-0.3, -0.25) is 4.79 Å². The lowest BCUT2D eigenvalue weighted by molar-refractivity contribution is 0.112. The Kier molecular flexibility index (Phi) is 4.39. The van der Waals surface area contributed by atoms with Crippen LogP contribution in [-0.4, -0.2) is 25.7 Å². The van der Waals surface area contributed by atoms with E-state index < -0.39 is 10.0 Å². The van der Waals surface area contributed by atoms with Gasteiger partial charge in [0.15, 0.2) is 6.29 Å². The molecule has 6 heteroatoms. The van der Waals surface area contributed by atoms with Gasteiger partial charge in [-0.05, 0) is 45.0 Å². The standard InChI is InChI=1S/C19H20N2O3S/c1-13(2)21(25(23,24)17-9-7-14(3)8-10-17)18-11-15-5-4-6-16(12-22)19(15)20-18/h4-13,20H,1-3H3. The summed E-state index contributed by atoms with van der Waals surface area (Å²) >= 11 is 0. The molecule has 0 aliphatic carbocycles. The maximum Gasteiger partial charge on any atom is 0.265 e. The summed E-state index contributed by atoms with van der Waals surface area (Å²) in [6.45, 7) is 5.55. The third-order valence-corrected chi connectivity index (χ3v) is 6.09. The van der Waals surface area contributed by atoms with Crippen LogP contribution < -0.4 is 4.31 Å². The number of benzene rings is 2. The van der Waals surface area contributed by atoms with Crippen molar-refractivity contribution in [3.05, 3.63) is 59.7 Å². The summed E-state index contributed by atoms with van der Waals surface area (Å²) in [5, 5.41) is 0.796. The largest absolute Gasteiger partial charge is 0.340 e. The van der Waals surface area contributed by atoms with E-state index in [2.05, 4.69) is 4.98 Å². The molecule has 2 aromatic carbocycles. The fraction of sp³-hybridized carbons (Fsp3) is 0.211. The normalized spacial score (nSPS) is 11.8. The van der Waals surface area contributed by atoms with Crippen LogP contribution in [-0.2, 0) is 10.0 Å². The van der Waals surface area contributed by atoms with Gasteiger partial charge in [-0.2, -0.15) is 0 Å². The third kappa shape index (κ3) is 3.05. The molecule has 1 aromatic heterocycles. The molecule has 0 bridgehead atoms. The number of aromatic amines is 1. The molecule has 130 valence electrons. The van der Waals surface area contributed by atoms with Crippen LogP contribution in [0.25, 0.3) is 10.9 Å². The highest BCUT2D eigenvalue weighted by Gasteiger charge is 2.28. The lowest BCUT2D eigenvalue weighted by Gasteiger charge is -2.26. The zero-order chi connectivity index (χ0) is 18.2. The Labute approximate surface area is 147 Å². The van der Waals surface area contributed by atoms with Gasteiger partial charge < -0.3 is 4.98 Å². The maximum absolute atomic E-state index is 13.2. The molecule has 0 fully saturated rings. The number of aldehydes is 1. The Morgan fingerprint density at radius 3 is 2.36 bits per heavy atom. The number of fused-ring (bicyclic) bond motifs is 1. The quantitative estimate of drug-likeness (QED) is 0.705. The Balaban J connectivity index is 2.16. The van der Waals surface area contributed by atoms with Crippen molar-refractivity contribution in [1.82, 2.24) is 4.98 Å². The van der Waals surface area contributed by atoms with E-state index in [1.807, 2.05) is 26.8 Å². The summed E-state index contributed by atoms with van der Waals surface area (Å²) in [6.07, 6.45) is 0.761. The molecule has 0 radical (unpaired) electrons. The monoisotopic (exact) mass is 356 g/mol. The predicted octanol–water partition coefficient (Wildman–Crippen LogP) is 3.89. The van der Waals surface area contributed by atoms with Crippen molar-refractivity contribution >= 4 is 33.0 Å². The van der Waals surface area contributed by atoms with E-state index in [1.54, 1.807) is 42.5 Å². The van der Waals surface area contributed by atoms with Gasteiger partial charge in [0.1, 0.15) is 5.82 Å². The number of hydrogen-bond acceptors (Lipinski definition) is 3. The van der Waals surface area contributed by atoms with Gasteiger partial charge in [-0.15, -0.1) is 0 Å². The van der Waals surface area contributed by atoms with E-state index >= 15 is 0 Å². The van der Waals surface area contributed by atoms with Gasteiger partial charge in [0, 0.05) is 17.0 Å². The lowest BCUT2D eigenvalue weighted by atomic mass is 10.2. The summed E-state index contributed by atoms with van der Waals surface area (Å²) in [5.74, 6) is 0.444. The van der Waals surface area contributed by atoms with Gasteiger partial charge in [0.05, 0.1) is 10.4 Å². The van der Waals surface area contributed by atoms with Crippen LogP contribution in [0.1, 0.15) is 29.8 Å². The summed E-state index contributed by atoms with van der Waals surface area (Å²) in [7, 11) is -3.72. The number of rotatable bonds is 5. The van der Waals surface area contributed by atoms with E-state index in [0.29, 0.717) is 16.9 Å². The SMILES string of the molecule is Cc1ccc(S(=O)(=O)N(c2cc3cccc(C=O)c3[nH]2)C(C)C)cc1. The number of H-pyrrole nitrogens is 1. The number of carbonyl (C=O) groups is 1. The molecule has 0 saturated heterocycles.